The van der Waals surface area contributed by atoms with Crippen molar-refractivity contribution in [2.75, 3.05) is 40.9 Å². The first-order valence-corrected chi connectivity index (χ1v) is 30.9. The number of carbonyl (C=O) groups excluding carboxylic acids is 1. The van der Waals surface area contributed by atoms with E-state index in [1.165, 1.54) is 225 Å². The van der Waals surface area contributed by atoms with Crippen LogP contribution < -0.4 is 5.32 Å². The standard InChI is InChI=1S/C59H115N2O6P/c1-6-8-10-12-14-16-18-20-22-23-24-25-26-27-28-29-30-31-32-33-34-35-36-37-39-41-43-45-47-49-51-53-59(63)60-57(56-67-68(64,65)66-55-54-61(3,4)5)58(62)52-50-48-46-44-42-40-38-21-19-17-15-13-11-9-7-2/h23-24,42,44,50,52,57-58,62H,6-22,25-41,43,45-49,51,53-56H2,1-5H3,(H-,60,63,64,65)/p+1/b24-23-,44-42+,52-50+. The Balaban J connectivity index is 4.07. The molecule has 0 spiro atoms. The van der Waals surface area contributed by atoms with E-state index in [-0.39, 0.29) is 19.1 Å². The van der Waals surface area contributed by atoms with E-state index in [1.807, 2.05) is 27.2 Å². The lowest BCUT2D eigenvalue weighted by atomic mass is 10.0. The zero-order valence-corrected chi connectivity index (χ0v) is 46.8. The van der Waals surface area contributed by atoms with Gasteiger partial charge in [-0.25, -0.2) is 4.57 Å². The van der Waals surface area contributed by atoms with Gasteiger partial charge in [-0.3, -0.25) is 13.8 Å². The van der Waals surface area contributed by atoms with Crippen LogP contribution in [0.3, 0.4) is 0 Å². The Morgan fingerprint density at radius 2 is 0.809 bits per heavy atom. The van der Waals surface area contributed by atoms with E-state index in [9.17, 15) is 19.4 Å². The number of nitrogens with zero attached hydrogens (tertiary/aromatic N) is 1. The van der Waals surface area contributed by atoms with Crippen molar-refractivity contribution >= 4 is 13.7 Å². The first kappa shape index (κ1) is 66.7. The van der Waals surface area contributed by atoms with Gasteiger partial charge in [0.15, 0.2) is 0 Å². The summed E-state index contributed by atoms with van der Waals surface area (Å²) in [4.78, 5) is 23.3. The Morgan fingerprint density at radius 3 is 1.18 bits per heavy atom. The maximum absolute atomic E-state index is 13.0. The number of aliphatic hydroxyl groups is 1. The molecule has 0 aliphatic heterocycles. The zero-order chi connectivity index (χ0) is 49.9. The number of nitrogens with one attached hydrogen (secondary N) is 1. The molecule has 0 aliphatic carbocycles. The van der Waals surface area contributed by atoms with E-state index >= 15 is 0 Å². The second kappa shape index (κ2) is 50.7. The van der Waals surface area contributed by atoms with Crippen molar-refractivity contribution in [2.24, 2.45) is 0 Å². The lowest BCUT2D eigenvalue weighted by Gasteiger charge is -2.25. The molecule has 0 aliphatic rings. The van der Waals surface area contributed by atoms with Crippen LogP contribution in [0.1, 0.15) is 284 Å². The molecule has 402 valence electrons. The minimum absolute atomic E-state index is 0.0576. The Kier molecular flexibility index (Phi) is 49.7. The summed E-state index contributed by atoms with van der Waals surface area (Å²) in [6.45, 7) is 4.82. The highest BCUT2D eigenvalue weighted by Crippen LogP contribution is 2.43. The third kappa shape index (κ3) is 52.5. The Morgan fingerprint density at radius 1 is 0.485 bits per heavy atom. The number of quaternary nitrogens is 1. The van der Waals surface area contributed by atoms with Gasteiger partial charge in [-0.05, 0) is 57.8 Å². The maximum atomic E-state index is 13.0. The quantitative estimate of drug-likeness (QED) is 0.0243. The van der Waals surface area contributed by atoms with E-state index < -0.39 is 20.0 Å². The fraction of sp³-hybridized carbons (Fsp3) is 0.881. The molecule has 1 amide bonds. The lowest BCUT2D eigenvalue weighted by Crippen LogP contribution is -2.45. The molecule has 0 bridgehead atoms. The van der Waals surface area contributed by atoms with Gasteiger partial charge in [0, 0.05) is 6.42 Å². The maximum Gasteiger partial charge on any atom is 0.472 e. The minimum atomic E-state index is -4.35. The highest BCUT2D eigenvalue weighted by Gasteiger charge is 2.27. The fourth-order valence-corrected chi connectivity index (χ4v) is 9.44. The number of likely N-dealkylation sites (N-methyl/N-ethyl adjacent to an activating group) is 1. The van der Waals surface area contributed by atoms with Gasteiger partial charge in [0.1, 0.15) is 13.2 Å². The number of carbonyl (C=O) groups is 1. The van der Waals surface area contributed by atoms with Gasteiger partial charge in [-0.15, -0.1) is 0 Å². The van der Waals surface area contributed by atoms with Crippen LogP contribution in [0.4, 0.5) is 0 Å². The van der Waals surface area contributed by atoms with Crippen LogP contribution in [0.25, 0.3) is 0 Å². The summed E-state index contributed by atoms with van der Waals surface area (Å²) in [7, 11) is 1.56. The summed E-state index contributed by atoms with van der Waals surface area (Å²) in [5.41, 5.74) is 0. The lowest BCUT2D eigenvalue weighted by molar-refractivity contribution is -0.870. The van der Waals surface area contributed by atoms with Crippen LogP contribution in [-0.2, 0) is 18.4 Å². The Hall–Kier alpha value is -1.28. The second-order valence-electron chi connectivity index (χ2n) is 21.4. The molecular weight excluding hydrogens is 864 g/mol. The molecule has 0 heterocycles. The monoisotopic (exact) mass is 980 g/mol. The number of rotatable bonds is 54. The topological polar surface area (TPSA) is 105 Å². The number of phosphoric ester groups is 1. The van der Waals surface area contributed by atoms with Crippen LogP contribution in [-0.4, -0.2) is 73.4 Å². The first-order valence-electron chi connectivity index (χ1n) is 29.4. The minimum Gasteiger partial charge on any atom is -0.387 e. The van der Waals surface area contributed by atoms with Gasteiger partial charge in [0.05, 0.1) is 39.9 Å². The molecule has 0 aromatic rings. The summed E-state index contributed by atoms with van der Waals surface area (Å²) in [5.74, 6) is -0.183. The third-order valence-corrected chi connectivity index (χ3v) is 14.3. The molecule has 3 unspecified atom stereocenters. The molecule has 68 heavy (non-hydrogen) atoms. The van der Waals surface area contributed by atoms with Gasteiger partial charge < -0.3 is 19.8 Å². The summed E-state index contributed by atoms with van der Waals surface area (Å²) in [6.07, 6.45) is 65.5. The largest absolute Gasteiger partial charge is 0.472 e. The van der Waals surface area contributed by atoms with Crippen molar-refractivity contribution in [1.82, 2.24) is 5.32 Å². The number of hydrogen-bond acceptors (Lipinski definition) is 5. The predicted molar refractivity (Wildman–Crippen MR) is 295 cm³/mol. The van der Waals surface area contributed by atoms with Gasteiger partial charge in [0.25, 0.3) is 0 Å². The molecule has 9 heteroatoms. The van der Waals surface area contributed by atoms with Crippen LogP contribution in [0, 0.1) is 0 Å². The number of unbranched alkanes of at least 4 members (excludes halogenated alkanes) is 37. The molecular formula is C59H116N2O6P+. The first-order chi connectivity index (χ1) is 33.0. The molecule has 0 rings (SSSR count). The summed E-state index contributed by atoms with van der Waals surface area (Å²) in [6, 6.07) is -0.861. The van der Waals surface area contributed by atoms with Crippen LogP contribution in [0.5, 0.6) is 0 Å². The van der Waals surface area contributed by atoms with E-state index in [0.29, 0.717) is 17.4 Å². The average molecular weight is 981 g/mol. The predicted octanol–water partition coefficient (Wildman–Crippen LogP) is 17.8. The highest BCUT2D eigenvalue weighted by atomic mass is 31.2. The van der Waals surface area contributed by atoms with Crippen LogP contribution in [0.2, 0.25) is 0 Å². The smallest absolute Gasteiger partial charge is 0.387 e. The van der Waals surface area contributed by atoms with Crippen molar-refractivity contribution < 1.29 is 32.9 Å². The number of aliphatic hydroxyl groups excluding tert-OH is 1. The SMILES string of the molecule is CCCCCCCCCC/C=C\CCCCCCCCCCCCCCCCCCCCCC(=O)NC(COP(=O)(O)OCC[N+](C)(C)C)C(O)/C=C/CC/C=C/CCCCCCCCCCC. The Bertz CT molecular complexity index is 1200. The van der Waals surface area contributed by atoms with Gasteiger partial charge >= 0.3 is 7.82 Å². The van der Waals surface area contributed by atoms with E-state index in [0.717, 1.165) is 38.5 Å². The number of amides is 1. The van der Waals surface area contributed by atoms with E-state index in [2.05, 4.69) is 43.5 Å². The third-order valence-electron chi connectivity index (χ3n) is 13.3. The van der Waals surface area contributed by atoms with Crippen LogP contribution >= 0.6 is 7.82 Å². The van der Waals surface area contributed by atoms with Crippen molar-refractivity contribution in [3.63, 3.8) is 0 Å². The molecule has 8 nitrogen and oxygen atoms in total. The van der Waals surface area contributed by atoms with Crippen molar-refractivity contribution in [2.45, 2.75) is 296 Å². The van der Waals surface area contributed by atoms with Crippen molar-refractivity contribution in [3.8, 4) is 0 Å². The van der Waals surface area contributed by atoms with Gasteiger partial charge in [-0.1, -0.05) is 256 Å². The van der Waals surface area contributed by atoms with Crippen molar-refractivity contribution in [1.29, 1.82) is 0 Å². The van der Waals surface area contributed by atoms with Crippen LogP contribution in [0.15, 0.2) is 36.5 Å². The summed E-state index contributed by atoms with van der Waals surface area (Å²) < 4.78 is 23.7. The summed E-state index contributed by atoms with van der Waals surface area (Å²) in [5, 5.41) is 13.9. The van der Waals surface area contributed by atoms with Crippen molar-refractivity contribution in [3.05, 3.63) is 36.5 Å². The molecule has 3 atom stereocenters. The molecule has 3 N–H and O–H groups in total. The average Bonchev–Trinajstić information content (AvgIpc) is 3.30. The normalized spacial score (nSPS) is 14.2. The number of allylic oxidation sites excluding steroid dienone is 5. The number of phosphoric acid groups is 1. The van der Waals surface area contributed by atoms with Gasteiger partial charge in [0.2, 0.25) is 5.91 Å². The fourth-order valence-electron chi connectivity index (χ4n) is 8.70. The highest BCUT2D eigenvalue weighted by molar-refractivity contribution is 7.47. The molecule has 0 aromatic heterocycles. The van der Waals surface area contributed by atoms with Gasteiger partial charge in [-0.2, -0.15) is 0 Å². The van der Waals surface area contributed by atoms with E-state index in [4.69, 9.17) is 9.05 Å². The Labute approximate surface area is 423 Å². The zero-order valence-electron chi connectivity index (χ0n) is 45.9. The second-order valence-corrected chi connectivity index (χ2v) is 22.8. The molecule has 0 fully saturated rings. The molecule has 0 saturated heterocycles. The molecule has 0 saturated carbocycles. The number of hydrogen-bond donors (Lipinski definition) is 3. The molecule has 0 aromatic carbocycles. The van der Waals surface area contributed by atoms with E-state index in [1.54, 1.807) is 6.08 Å². The molecule has 0 radical (unpaired) electrons. The summed E-state index contributed by atoms with van der Waals surface area (Å²) >= 11 is 0.